The molecule has 0 nitrogen and oxygen atoms in total. The number of hydrogen-bond donors (Lipinski definition) is 0. The highest BCUT2D eigenvalue weighted by Gasteiger charge is 1.97. The lowest BCUT2D eigenvalue weighted by Crippen LogP contribution is -1.64. The Morgan fingerprint density at radius 3 is 2.75 bits per heavy atom. The fraction of sp³-hybridized carbons (Fsp3) is 0. The Kier molecular flexibility index (Phi) is 2.49. The van der Waals surface area contributed by atoms with Gasteiger partial charge in [0, 0.05) is 15.6 Å². The van der Waals surface area contributed by atoms with Crippen LogP contribution in [0.2, 0.25) is 0 Å². The van der Waals surface area contributed by atoms with E-state index in [-0.39, 0.29) is 0 Å². The highest BCUT2D eigenvalue weighted by molar-refractivity contribution is 7.19. The van der Waals surface area contributed by atoms with Gasteiger partial charge < -0.3 is 0 Å². The van der Waals surface area contributed by atoms with Gasteiger partial charge in [0.05, 0.1) is 4.88 Å². The van der Waals surface area contributed by atoms with Crippen molar-refractivity contribution in [2.45, 2.75) is 0 Å². The van der Waals surface area contributed by atoms with E-state index in [2.05, 4.69) is 52.9 Å². The highest BCUT2D eigenvalue weighted by atomic mass is 32.1. The van der Waals surface area contributed by atoms with Gasteiger partial charge in [0.1, 0.15) is 0 Å². The van der Waals surface area contributed by atoms with Crippen molar-refractivity contribution in [3.05, 3.63) is 57.6 Å². The molecule has 1 aromatic carbocycles. The second-order valence-corrected chi connectivity index (χ2v) is 5.27. The van der Waals surface area contributed by atoms with Gasteiger partial charge >= 0.3 is 0 Å². The molecule has 0 aliphatic rings. The molecule has 2 heterocycles. The van der Waals surface area contributed by atoms with Crippen LogP contribution in [0.5, 0.6) is 0 Å². The second-order valence-electron chi connectivity index (χ2n) is 3.41. The van der Waals surface area contributed by atoms with Gasteiger partial charge in [0.15, 0.2) is 0 Å². The molecule has 0 spiro atoms. The summed E-state index contributed by atoms with van der Waals surface area (Å²) in [5.74, 6) is 6.38. The fourth-order valence-corrected chi connectivity index (χ4v) is 3.02. The summed E-state index contributed by atoms with van der Waals surface area (Å²) in [5, 5.41) is 5.40. The van der Waals surface area contributed by atoms with Gasteiger partial charge in [-0.05, 0) is 29.0 Å². The van der Waals surface area contributed by atoms with Crippen LogP contribution in [0.3, 0.4) is 0 Å². The molecular weight excluding hydrogens is 232 g/mol. The number of benzene rings is 1. The van der Waals surface area contributed by atoms with Gasteiger partial charge in [-0.2, -0.15) is 11.3 Å². The molecule has 0 aliphatic heterocycles. The Hall–Kier alpha value is -1.56. The molecular formula is C14H8S2. The van der Waals surface area contributed by atoms with Crippen molar-refractivity contribution in [2.75, 3.05) is 0 Å². The smallest absolute Gasteiger partial charge is 0.0784 e. The molecule has 0 N–H and O–H groups in total. The molecule has 16 heavy (non-hydrogen) atoms. The summed E-state index contributed by atoms with van der Waals surface area (Å²) in [4.78, 5) is 1.13. The van der Waals surface area contributed by atoms with E-state index in [9.17, 15) is 0 Å². The molecule has 0 aliphatic carbocycles. The summed E-state index contributed by atoms with van der Waals surface area (Å²) < 4.78 is 1.30. The average Bonchev–Trinajstić information content (AvgIpc) is 2.95. The Bertz CT molecular complexity index is 630. The summed E-state index contributed by atoms with van der Waals surface area (Å²) >= 11 is 3.43. The molecule has 0 saturated heterocycles. The third-order valence-corrected chi connectivity index (χ3v) is 3.99. The van der Waals surface area contributed by atoms with Crippen LogP contribution < -0.4 is 0 Å². The van der Waals surface area contributed by atoms with Crippen LogP contribution in [-0.4, -0.2) is 0 Å². The zero-order valence-corrected chi connectivity index (χ0v) is 10.1. The van der Waals surface area contributed by atoms with Crippen molar-refractivity contribution < 1.29 is 0 Å². The zero-order chi connectivity index (χ0) is 10.8. The van der Waals surface area contributed by atoms with E-state index in [4.69, 9.17) is 0 Å². The Morgan fingerprint density at radius 2 is 1.94 bits per heavy atom. The monoisotopic (exact) mass is 240 g/mol. The average molecular weight is 240 g/mol. The van der Waals surface area contributed by atoms with Crippen LogP contribution in [-0.2, 0) is 0 Å². The van der Waals surface area contributed by atoms with Crippen molar-refractivity contribution in [1.29, 1.82) is 0 Å². The van der Waals surface area contributed by atoms with Crippen LogP contribution in [0, 0.1) is 11.8 Å². The molecule has 3 rings (SSSR count). The summed E-state index contributed by atoms with van der Waals surface area (Å²) in [6.45, 7) is 0. The normalized spacial score (nSPS) is 10.0. The summed E-state index contributed by atoms with van der Waals surface area (Å²) in [5.41, 5.74) is 1.10. The number of hydrogen-bond acceptors (Lipinski definition) is 2. The first kappa shape index (κ1) is 9.65. The van der Waals surface area contributed by atoms with Crippen molar-refractivity contribution in [3.8, 4) is 11.8 Å². The zero-order valence-electron chi connectivity index (χ0n) is 8.44. The maximum atomic E-state index is 3.21. The lowest BCUT2D eigenvalue weighted by molar-refractivity contribution is 1.83. The van der Waals surface area contributed by atoms with Crippen molar-refractivity contribution in [1.82, 2.24) is 0 Å². The number of fused-ring (bicyclic) bond motifs is 1. The molecule has 0 fully saturated rings. The first-order valence-electron chi connectivity index (χ1n) is 4.95. The maximum Gasteiger partial charge on any atom is 0.0784 e. The predicted molar refractivity (Wildman–Crippen MR) is 72.1 cm³/mol. The van der Waals surface area contributed by atoms with E-state index in [0.29, 0.717) is 0 Å². The van der Waals surface area contributed by atoms with Gasteiger partial charge in [-0.25, -0.2) is 0 Å². The van der Waals surface area contributed by atoms with Crippen LogP contribution >= 0.6 is 22.7 Å². The third-order valence-electron chi connectivity index (χ3n) is 2.28. The van der Waals surface area contributed by atoms with E-state index in [1.54, 1.807) is 22.7 Å². The SMILES string of the molecule is C(#Cc1cc2ccccc2s1)c1ccsc1. The largest absolute Gasteiger partial charge is 0.151 e. The lowest BCUT2D eigenvalue weighted by Gasteiger charge is -1.82. The minimum atomic E-state index is 1.10. The van der Waals surface area contributed by atoms with Crippen molar-refractivity contribution in [3.63, 3.8) is 0 Å². The molecule has 76 valence electrons. The molecule has 0 bridgehead atoms. The van der Waals surface area contributed by atoms with Gasteiger partial charge in [0.2, 0.25) is 0 Å². The molecule has 2 aromatic heterocycles. The molecule has 0 saturated carbocycles. The Balaban J connectivity index is 2.01. The van der Waals surface area contributed by atoms with E-state index in [1.807, 2.05) is 6.07 Å². The molecule has 0 unspecified atom stereocenters. The first-order valence-corrected chi connectivity index (χ1v) is 6.70. The highest BCUT2D eigenvalue weighted by Crippen LogP contribution is 2.24. The van der Waals surface area contributed by atoms with Gasteiger partial charge in [0.25, 0.3) is 0 Å². The van der Waals surface area contributed by atoms with Crippen LogP contribution in [0.4, 0.5) is 0 Å². The fourth-order valence-electron chi connectivity index (χ4n) is 1.51. The number of thiophene rings is 2. The maximum absolute atomic E-state index is 3.21. The van der Waals surface area contributed by atoms with Crippen molar-refractivity contribution >= 4 is 32.8 Å². The van der Waals surface area contributed by atoms with E-state index in [1.165, 1.54) is 10.1 Å². The van der Waals surface area contributed by atoms with Gasteiger partial charge in [-0.1, -0.05) is 30.0 Å². The molecule has 0 radical (unpaired) electrons. The van der Waals surface area contributed by atoms with Crippen LogP contribution in [0.25, 0.3) is 10.1 Å². The lowest BCUT2D eigenvalue weighted by atomic mass is 10.2. The standard InChI is InChI=1S/C14H8S2/c1-2-4-14-12(3-1)9-13(16-14)6-5-11-7-8-15-10-11/h1-4,7-10H. The van der Waals surface area contributed by atoms with Gasteiger partial charge in [-0.3, -0.25) is 0 Å². The Labute approximate surface area is 102 Å². The third kappa shape index (κ3) is 1.88. The van der Waals surface area contributed by atoms with Gasteiger partial charge in [-0.15, -0.1) is 11.3 Å². The quantitative estimate of drug-likeness (QED) is 0.512. The topological polar surface area (TPSA) is 0 Å². The minimum absolute atomic E-state index is 1.10. The molecule has 2 heteroatoms. The molecule has 0 amide bonds. The Morgan fingerprint density at radius 1 is 1.00 bits per heavy atom. The van der Waals surface area contributed by atoms with Crippen LogP contribution in [0.15, 0.2) is 47.2 Å². The van der Waals surface area contributed by atoms with E-state index < -0.39 is 0 Å². The van der Waals surface area contributed by atoms with E-state index >= 15 is 0 Å². The number of rotatable bonds is 0. The molecule has 0 atom stereocenters. The second kappa shape index (κ2) is 4.13. The summed E-state index contributed by atoms with van der Waals surface area (Å²) in [7, 11) is 0. The summed E-state index contributed by atoms with van der Waals surface area (Å²) in [6, 6.07) is 12.6. The first-order chi connectivity index (χ1) is 7.92. The van der Waals surface area contributed by atoms with E-state index in [0.717, 1.165) is 10.4 Å². The summed E-state index contributed by atoms with van der Waals surface area (Å²) in [6.07, 6.45) is 0. The molecule has 3 aromatic rings. The predicted octanol–water partition coefficient (Wildman–Crippen LogP) is 4.36. The van der Waals surface area contributed by atoms with Crippen molar-refractivity contribution in [2.24, 2.45) is 0 Å². The minimum Gasteiger partial charge on any atom is -0.151 e. The van der Waals surface area contributed by atoms with Crippen LogP contribution in [0.1, 0.15) is 10.4 Å².